The number of halogens is 1. The molecule has 0 fully saturated rings. The molecule has 0 bridgehead atoms. The van der Waals surface area contributed by atoms with E-state index in [9.17, 15) is 8.42 Å². The van der Waals surface area contributed by atoms with Gasteiger partial charge in [0, 0.05) is 17.1 Å². The van der Waals surface area contributed by atoms with Crippen LogP contribution in [0.15, 0.2) is 27.6 Å². The molecule has 2 N–H and O–H groups in total. The summed E-state index contributed by atoms with van der Waals surface area (Å²) in [4.78, 5) is 0.289. The molecule has 1 aromatic carbocycles. The van der Waals surface area contributed by atoms with E-state index in [1.54, 1.807) is 26.0 Å². The molecule has 0 aliphatic carbocycles. The summed E-state index contributed by atoms with van der Waals surface area (Å²) in [6, 6.07) is 5.27. The Morgan fingerprint density at radius 2 is 2.00 bits per heavy atom. The molecule has 4 nitrogen and oxygen atoms in total. The Hall–Kier alpha value is -0.430. The van der Waals surface area contributed by atoms with E-state index in [2.05, 4.69) is 32.9 Å². The second-order valence-electron chi connectivity index (χ2n) is 4.72. The molecule has 0 aliphatic heterocycles. The van der Waals surface area contributed by atoms with Crippen LogP contribution in [0.1, 0.15) is 32.8 Å². The van der Waals surface area contributed by atoms with E-state index in [0.717, 1.165) is 18.5 Å². The highest BCUT2D eigenvalue weighted by atomic mass is 79.9. The van der Waals surface area contributed by atoms with E-state index < -0.39 is 10.0 Å². The summed E-state index contributed by atoms with van der Waals surface area (Å²) < 4.78 is 27.5. The number of rotatable bonds is 7. The predicted octanol–water partition coefficient (Wildman–Crippen LogP) is 2.64. The number of benzene rings is 1. The van der Waals surface area contributed by atoms with Gasteiger partial charge in [-0.3, -0.25) is 0 Å². The Kier molecular flexibility index (Phi) is 6.46. The third kappa shape index (κ3) is 5.22. The van der Waals surface area contributed by atoms with Crippen molar-refractivity contribution in [2.24, 2.45) is 0 Å². The summed E-state index contributed by atoms with van der Waals surface area (Å²) in [6.07, 6.45) is 1.05. The van der Waals surface area contributed by atoms with Gasteiger partial charge in [0.2, 0.25) is 10.0 Å². The minimum atomic E-state index is -3.47. The Balaban J connectivity index is 2.97. The van der Waals surface area contributed by atoms with E-state index in [1.165, 1.54) is 0 Å². The van der Waals surface area contributed by atoms with Crippen molar-refractivity contribution in [1.82, 2.24) is 10.0 Å². The summed E-state index contributed by atoms with van der Waals surface area (Å²) in [6.45, 7) is 7.29. The van der Waals surface area contributed by atoms with Crippen LogP contribution in [-0.2, 0) is 16.6 Å². The lowest BCUT2D eigenvalue weighted by Gasteiger charge is -2.12. The molecule has 0 heterocycles. The van der Waals surface area contributed by atoms with Crippen molar-refractivity contribution in [1.29, 1.82) is 0 Å². The van der Waals surface area contributed by atoms with Gasteiger partial charge in [-0.2, -0.15) is 0 Å². The first-order chi connectivity index (χ1) is 8.86. The van der Waals surface area contributed by atoms with Gasteiger partial charge in [-0.15, -0.1) is 0 Å². The molecule has 0 radical (unpaired) electrons. The van der Waals surface area contributed by atoms with Crippen LogP contribution < -0.4 is 10.0 Å². The Morgan fingerprint density at radius 1 is 1.32 bits per heavy atom. The number of hydrogen-bond acceptors (Lipinski definition) is 3. The first kappa shape index (κ1) is 16.6. The SMILES string of the molecule is CCCNCc1ccc(Br)c(S(=O)(=O)NC(C)C)c1. The van der Waals surface area contributed by atoms with Gasteiger partial charge < -0.3 is 5.32 Å². The molecule has 0 amide bonds. The Labute approximate surface area is 124 Å². The number of sulfonamides is 1. The van der Waals surface area contributed by atoms with Crippen LogP contribution in [0.2, 0.25) is 0 Å². The standard InChI is InChI=1S/C13H21BrN2O2S/c1-4-7-15-9-11-5-6-12(14)13(8-11)19(17,18)16-10(2)3/h5-6,8,10,15-16H,4,7,9H2,1-3H3. The fourth-order valence-electron chi connectivity index (χ4n) is 1.65. The van der Waals surface area contributed by atoms with Crippen LogP contribution in [-0.4, -0.2) is 21.0 Å². The normalized spacial score (nSPS) is 12.1. The molecule has 0 saturated carbocycles. The topological polar surface area (TPSA) is 58.2 Å². The molecule has 0 spiro atoms. The van der Waals surface area contributed by atoms with Crippen molar-refractivity contribution in [2.45, 2.75) is 44.7 Å². The van der Waals surface area contributed by atoms with Gasteiger partial charge in [-0.1, -0.05) is 13.0 Å². The Morgan fingerprint density at radius 3 is 2.58 bits per heavy atom. The summed E-state index contributed by atoms with van der Waals surface area (Å²) >= 11 is 3.30. The molecule has 1 rings (SSSR count). The fourth-order valence-corrected chi connectivity index (χ4v) is 3.91. The molecule has 0 aromatic heterocycles. The summed E-state index contributed by atoms with van der Waals surface area (Å²) in [5.41, 5.74) is 0.959. The van der Waals surface area contributed by atoms with Gasteiger partial charge in [0.25, 0.3) is 0 Å². The molecule has 0 atom stereocenters. The monoisotopic (exact) mass is 348 g/mol. The van der Waals surface area contributed by atoms with Crippen LogP contribution in [0.25, 0.3) is 0 Å². The van der Waals surface area contributed by atoms with E-state index in [4.69, 9.17) is 0 Å². The van der Waals surface area contributed by atoms with Crippen molar-refractivity contribution in [3.8, 4) is 0 Å². The third-order valence-corrected chi connectivity index (χ3v) is 5.08. The average molecular weight is 349 g/mol. The molecular formula is C13H21BrN2O2S. The molecule has 1 aromatic rings. The minimum absolute atomic E-state index is 0.126. The number of hydrogen-bond donors (Lipinski definition) is 2. The average Bonchev–Trinajstić information content (AvgIpc) is 2.29. The van der Waals surface area contributed by atoms with Crippen LogP contribution in [0.4, 0.5) is 0 Å². The highest BCUT2D eigenvalue weighted by Gasteiger charge is 2.19. The van der Waals surface area contributed by atoms with Gasteiger partial charge >= 0.3 is 0 Å². The van der Waals surface area contributed by atoms with Crippen molar-refractivity contribution < 1.29 is 8.42 Å². The van der Waals surface area contributed by atoms with Crippen LogP contribution in [0, 0.1) is 0 Å². The second-order valence-corrected chi connectivity index (χ2v) is 7.25. The maximum atomic E-state index is 12.2. The van der Waals surface area contributed by atoms with Crippen molar-refractivity contribution in [3.63, 3.8) is 0 Å². The van der Waals surface area contributed by atoms with Crippen LogP contribution in [0.5, 0.6) is 0 Å². The quantitative estimate of drug-likeness (QED) is 0.744. The third-order valence-electron chi connectivity index (χ3n) is 2.43. The molecule has 0 saturated heterocycles. The summed E-state index contributed by atoms with van der Waals surface area (Å²) in [7, 11) is -3.47. The smallest absolute Gasteiger partial charge is 0.241 e. The lowest BCUT2D eigenvalue weighted by molar-refractivity contribution is 0.569. The van der Waals surface area contributed by atoms with Gasteiger partial charge in [0.1, 0.15) is 0 Å². The summed E-state index contributed by atoms with van der Waals surface area (Å²) in [5, 5.41) is 3.26. The maximum Gasteiger partial charge on any atom is 0.241 e. The van der Waals surface area contributed by atoms with E-state index >= 15 is 0 Å². The zero-order valence-electron chi connectivity index (χ0n) is 11.5. The minimum Gasteiger partial charge on any atom is -0.313 e. The van der Waals surface area contributed by atoms with Crippen molar-refractivity contribution in [2.75, 3.05) is 6.54 Å². The Bertz CT molecular complexity index is 515. The van der Waals surface area contributed by atoms with Crippen LogP contribution >= 0.6 is 15.9 Å². The maximum absolute atomic E-state index is 12.2. The van der Waals surface area contributed by atoms with Gasteiger partial charge in [0.15, 0.2) is 0 Å². The van der Waals surface area contributed by atoms with E-state index in [1.807, 2.05) is 6.07 Å². The fraction of sp³-hybridized carbons (Fsp3) is 0.538. The largest absolute Gasteiger partial charge is 0.313 e. The molecular weight excluding hydrogens is 328 g/mol. The highest BCUT2D eigenvalue weighted by Crippen LogP contribution is 2.23. The second kappa shape index (κ2) is 7.38. The zero-order valence-corrected chi connectivity index (χ0v) is 13.9. The zero-order chi connectivity index (χ0) is 14.5. The lowest BCUT2D eigenvalue weighted by Crippen LogP contribution is -2.30. The lowest BCUT2D eigenvalue weighted by atomic mass is 10.2. The molecule has 0 unspecified atom stereocenters. The van der Waals surface area contributed by atoms with E-state index in [0.29, 0.717) is 11.0 Å². The van der Waals surface area contributed by atoms with Gasteiger partial charge in [-0.25, -0.2) is 13.1 Å². The predicted molar refractivity (Wildman–Crippen MR) is 81.6 cm³/mol. The molecule has 6 heteroatoms. The molecule has 108 valence electrons. The van der Waals surface area contributed by atoms with E-state index in [-0.39, 0.29) is 10.9 Å². The van der Waals surface area contributed by atoms with Crippen LogP contribution in [0.3, 0.4) is 0 Å². The van der Waals surface area contributed by atoms with Gasteiger partial charge in [-0.05, 0) is 60.4 Å². The molecule has 19 heavy (non-hydrogen) atoms. The van der Waals surface area contributed by atoms with Crippen molar-refractivity contribution >= 4 is 26.0 Å². The van der Waals surface area contributed by atoms with Gasteiger partial charge in [0.05, 0.1) is 4.90 Å². The first-order valence-electron chi connectivity index (χ1n) is 6.38. The van der Waals surface area contributed by atoms with Crippen molar-refractivity contribution in [3.05, 3.63) is 28.2 Å². The number of nitrogens with one attached hydrogen (secondary N) is 2. The molecule has 0 aliphatic rings. The summed E-state index contributed by atoms with van der Waals surface area (Å²) in [5.74, 6) is 0. The first-order valence-corrected chi connectivity index (χ1v) is 8.66. The highest BCUT2D eigenvalue weighted by molar-refractivity contribution is 9.10.